The van der Waals surface area contributed by atoms with Gasteiger partial charge < -0.3 is 14.6 Å². The first-order valence-corrected chi connectivity index (χ1v) is 5.59. The molecule has 0 atom stereocenters. The highest BCUT2D eigenvalue weighted by molar-refractivity contribution is 9.10. The number of esters is 1. The maximum atomic E-state index is 11.6. The lowest BCUT2D eigenvalue weighted by molar-refractivity contribution is -0.137. The van der Waals surface area contributed by atoms with E-state index in [0.29, 0.717) is 4.47 Å². The number of hydrogen-bond donors (Lipinski definition) is 1. The summed E-state index contributed by atoms with van der Waals surface area (Å²) in [4.78, 5) is 22.9. The zero-order valence-electron chi connectivity index (χ0n) is 9.32. The van der Waals surface area contributed by atoms with Crippen LogP contribution in [0, 0.1) is 0 Å². The number of halogens is 1. The van der Waals surface area contributed by atoms with Crippen LogP contribution in [0.4, 0.5) is 0 Å². The van der Waals surface area contributed by atoms with E-state index >= 15 is 0 Å². The van der Waals surface area contributed by atoms with E-state index in [2.05, 4.69) is 20.7 Å². The first-order chi connectivity index (χ1) is 8.02. The van der Waals surface area contributed by atoms with Crippen molar-refractivity contribution in [3.8, 4) is 11.5 Å². The third-order valence-corrected chi connectivity index (χ3v) is 2.62. The maximum absolute atomic E-state index is 11.6. The monoisotopic (exact) mass is 302 g/mol. The Morgan fingerprint density at radius 2 is 2.06 bits per heavy atom. The lowest BCUT2D eigenvalue weighted by atomic mass is 10.1. The molecule has 0 heterocycles. The van der Waals surface area contributed by atoms with Crippen LogP contribution in [-0.2, 0) is 9.53 Å². The first-order valence-electron chi connectivity index (χ1n) is 4.79. The molecule has 0 aromatic heterocycles. The average Bonchev–Trinajstić information content (AvgIpc) is 2.29. The summed E-state index contributed by atoms with van der Waals surface area (Å²) in [6.07, 6.45) is 0. The van der Waals surface area contributed by atoms with Gasteiger partial charge in [-0.2, -0.15) is 0 Å². The van der Waals surface area contributed by atoms with Gasteiger partial charge in [-0.25, -0.2) is 4.79 Å². The number of rotatable bonds is 4. The quantitative estimate of drug-likeness (QED) is 0.522. The lowest BCUT2D eigenvalue weighted by Crippen LogP contribution is -2.17. The van der Waals surface area contributed by atoms with Crippen LogP contribution < -0.4 is 4.74 Å². The predicted octanol–water partition coefficient (Wildman–Crippen LogP) is 1.91. The summed E-state index contributed by atoms with van der Waals surface area (Å²) in [6.45, 7) is 1.69. The predicted molar refractivity (Wildman–Crippen MR) is 63.3 cm³/mol. The van der Waals surface area contributed by atoms with Crippen LogP contribution in [0.25, 0.3) is 0 Å². The molecule has 1 aromatic rings. The summed E-state index contributed by atoms with van der Waals surface area (Å²) in [5.41, 5.74) is -0.150. The molecule has 0 spiro atoms. The van der Waals surface area contributed by atoms with Crippen molar-refractivity contribution in [1.82, 2.24) is 0 Å². The Kier molecular flexibility index (Phi) is 4.51. The summed E-state index contributed by atoms with van der Waals surface area (Å²) >= 11 is 3.15. The van der Waals surface area contributed by atoms with Crippen molar-refractivity contribution in [1.29, 1.82) is 0 Å². The van der Waals surface area contributed by atoms with Crippen LogP contribution >= 0.6 is 15.9 Å². The molecular weight excluding hydrogens is 292 g/mol. The second kappa shape index (κ2) is 5.67. The molecule has 1 aromatic carbocycles. The van der Waals surface area contributed by atoms with E-state index in [4.69, 9.17) is 4.74 Å². The molecule has 0 bridgehead atoms. The standard InChI is InChI=1S/C11H11BrO5/c1-3-17-11(15)9(14)6-4-5-7(12)10(16-2)8(6)13/h4-5,13H,3H2,1-2H3. The number of ether oxygens (including phenoxy) is 2. The number of aromatic hydroxyl groups is 1. The Hall–Kier alpha value is -1.56. The molecule has 0 amide bonds. The highest BCUT2D eigenvalue weighted by Gasteiger charge is 2.24. The average molecular weight is 303 g/mol. The van der Waals surface area contributed by atoms with Crippen LogP contribution in [0.3, 0.4) is 0 Å². The molecule has 0 radical (unpaired) electrons. The van der Waals surface area contributed by atoms with Gasteiger partial charge in [-0.15, -0.1) is 0 Å². The molecule has 0 unspecified atom stereocenters. The Labute approximate surface area is 106 Å². The van der Waals surface area contributed by atoms with Crippen LogP contribution in [-0.4, -0.2) is 30.6 Å². The van der Waals surface area contributed by atoms with Gasteiger partial charge in [0.1, 0.15) is 0 Å². The van der Waals surface area contributed by atoms with Gasteiger partial charge in [0.15, 0.2) is 11.5 Å². The number of phenolic OH excluding ortho intramolecular Hbond substituents is 1. The van der Waals surface area contributed by atoms with Crippen molar-refractivity contribution in [2.45, 2.75) is 6.92 Å². The summed E-state index contributed by atoms with van der Waals surface area (Å²) in [7, 11) is 1.35. The molecule has 1 rings (SSSR count). The number of carbonyl (C=O) groups excluding carboxylic acids is 2. The molecule has 1 N–H and O–H groups in total. The first kappa shape index (κ1) is 13.5. The molecule has 0 saturated carbocycles. The van der Waals surface area contributed by atoms with Crippen molar-refractivity contribution in [3.63, 3.8) is 0 Å². The Morgan fingerprint density at radius 3 is 2.59 bits per heavy atom. The molecule has 0 fully saturated rings. The minimum atomic E-state index is -1.01. The molecule has 92 valence electrons. The third kappa shape index (κ3) is 2.76. The number of methoxy groups -OCH3 is 1. The van der Waals surface area contributed by atoms with E-state index in [-0.39, 0.29) is 23.7 Å². The Balaban J connectivity index is 3.15. The summed E-state index contributed by atoms with van der Waals surface area (Å²) in [5.74, 6) is -2.21. The van der Waals surface area contributed by atoms with Crippen molar-refractivity contribution in [2.24, 2.45) is 0 Å². The molecule has 0 aliphatic heterocycles. The summed E-state index contributed by atoms with van der Waals surface area (Å²) < 4.78 is 9.95. The molecule has 0 aliphatic carbocycles. The van der Waals surface area contributed by atoms with E-state index in [1.54, 1.807) is 6.92 Å². The fourth-order valence-corrected chi connectivity index (χ4v) is 1.71. The normalized spacial score (nSPS) is 9.82. The Morgan fingerprint density at radius 1 is 1.41 bits per heavy atom. The Bertz CT molecular complexity index is 455. The smallest absolute Gasteiger partial charge is 0.379 e. The van der Waals surface area contributed by atoms with Gasteiger partial charge in [-0.05, 0) is 35.0 Å². The van der Waals surface area contributed by atoms with Gasteiger partial charge in [-0.1, -0.05) is 0 Å². The highest BCUT2D eigenvalue weighted by Crippen LogP contribution is 2.37. The van der Waals surface area contributed by atoms with Crippen molar-refractivity contribution in [3.05, 3.63) is 22.2 Å². The zero-order chi connectivity index (χ0) is 13.0. The fraction of sp³-hybridized carbons (Fsp3) is 0.273. The summed E-state index contributed by atoms with van der Waals surface area (Å²) in [6, 6.07) is 2.83. The molecule has 0 saturated heterocycles. The minimum Gasteiger partial charge on any atom is -0.504 e. The number of benzene rings is 1. The number of carbonyl (C=O) groups is 2. The fourth-order valence-electron chi connectivity index (χ4n) is 1.23. The SMILES string of the molecule is CCOC(=O)C(=O)c1ccc(Br)c(OC)c1O. The number of ketones is 1. The van der Waals surface area contributed by atoms with Gasteiger partial charge in [0.05, 0.1) is 23.8 Å². The zero-order valence-corrected chi connectivity index (χ0v) is 10.9. The van der Waals surface area contributed by atoms with Crippen LogP contribution in [0.1, 0.15) is 17.3 Å². The molecule has 17 heavy (non-hydrogen) atoms. The van der Waals surface area contributed by atoms with Crippen LogP contribution in [0.5, 0.6) is 11.5 Å². The van der Waals surface area contributed by atoms with Gasteiger partial charge in [0, 0.05) is 0 Å². The van der Waals surface area contributed by atoms with Crippen LogP contribution in [0.15, 0.2) is 16.6 Å². The summed E-state index contributed by atoms with van der Waals surface area (Å²) in [5, 5.41) is 9.77. The van der Waals surface area contributed by atoms with Gasteiger partial charge in [0.25, 0.3) is 5.78 Å². The third-order valence-electron chi connectivity index (χ3n) is 1.99. The van der Waals surface area contributed by atoms with E-state index in [0.717, 1.165) is 0 Å². The van der Waals surface area contributed by atoms with Crippen molar-refractivity contribution in [2.75, 3.05) is 13.7 Å². The second-order valence-electron chi connectivity index (χ2n) is 3.03. The molecule has 0 aliphatic rings. The van der Waals surface area contributed by atoms with E-state index in [1.165, 1.54) is 19.2 Å². The molecular formula is C11H11BrO5. The lowest BCUT2D eigenvalue weighted by Gasteiger charge is -2.09. The maximum Gasteiger partial charge on any atom is 0.379 e. The topological polar surface area (TPSA) is 72.8 Å². The van der Waals surface area contributed by atoms with Crippen molar-refractivity contribution < 1.29 is 24.2 Å². The second-order valence-corrected chi connectivity index (χ2v) is 3.88. The largest absolute Gasteiger partial charge is 0.504 e. The van der Waals surface area contributed by atoms with Crippen molar-refractivity contribution >= 4 is 27.7 Å². The van der Waals surface area contributed by atoms with E-state index < -0.39 is 11.8 Å². The molecule has 6 heteroatoms. The molecule has 5 nitrogen and oxygen atoms in total. The number of Topliss-reactive ketones (excluding diaryl/α,β-unsaturated/α-hetero) is 1. The minimum absolute atomic E-state index is 0.0962. The number of hydrogen-bond acceptors (Lipinski definition) is 5. The van der Waals surface area contributed by atoms with Crippen LogP contribution in [0.2, 0.25) is 0 Å². The highest BCUT2D eigenvalue weighted by atomic mass is 79.9. The van der Waals surface area contributed by atoms with Gasteiger partial charge in [0.2, 0.25) is 0 Å². The number of phenols is 1. The van der Waals surface area contributed by atoms with E-state index in [1.807, 2.05) is 0 Å². The van der Waals surface area contributed by atoms with Gasteiger partial charge >= 0.3 is 5.97 Å². The van der Waals surface area contributed by atoms with E-state index in [9.17, 15) is 14.7 Å². The van der Waals surface area contributed by atoms with Gasteiger partial charge in [-0.3, -0.25) is 4.79 Å².